The van der Waals surface area contributed by atoms with Crippen molar-refractivity contribution >= 4 is 33.5 Å². The summed E-state index contributed by atoms with van der Waals surface area (Å²) >= 11 is 3.19. The number of hydrogen-bond donors (Lipinski definition) is 1. The maximum absolute atomic E-state index is 11.8. The van der Waals surface area contributed by atoms with E-state index in [1.54, 1.807) is 25.7 Å². The maximum atomic E-state index is 11.8. The van der Waals surface area contributed by atoms with Crippen LogP contribution in [-0.2, 0) is 4.74 Å². The summed E-state index contributed by atoms with van der Waals surface area (Å²) in [5.41, 5.74) is -0.619. The fraction of sp³-hybridized carbons (Fsp3) is 0.571. The zero-order valence-electron chi connectivity index (χ0n) is 13.2. The molecule has 23 heavy (non-hydrogen) atoms. The summed E-state index contributed by atoms with van der Waals surface area (Å²) in [4.78, 5) is 28.5. The lowest BCUT2D eigenvalue weighted by Gasteiger charge is -2.22. The Labute approximate surface area is 142 Å². The number of aromatic nitrogens is 1. The Hall–Kier alpha value is -1.90. The Morgan fingerprint density at radius 3 is 2.87 bits per heavy atom. The van der Waals surface area contributed by atoms with Crippen LogP contribution in [0, 0.1) is 10.1 Å². The van der Waals surface area contributed by atoms with Gasteiger partial charge < -0.3 is 15.0 Å². The molecule has 1 N–H and O–H groups in total. The summed E-state index contributed by atoms with van der Waals surface area (Å²) in [5.74, 6) is 0.312. The van der Waals surface area contributed by atoms with E-state index >= 15 is 0 Å². The minimum Gasteiger partial charge on any atom is -0.444 e. The number of pyridine rings is 1. The molecule has 8 nitrogen and oxygen atoms in total. The summed E-state index contributed by atoms with van der Waals surface area (Å²) in [5, 5.41) is 14.0. The van der Waals surface area contributed by atoms with Gasteiger partial charge in [-0.3, -0.25) is 10.1 Å². The van der Waals surface area contributed by atoms with Crippen LogP contribution in [0.5, 0.6) is 0 Å². The molecule has 1 aromatic rings. The molecule has 1 atom stereocenters. The second-order valence-corrected chi connectivity index (χ2v) is 7.25. The van der Waals surface area contributed by atoms with Crippen LogP contribution in [0.1, 0.15) is 27.2 Å². The minimum atomic E-state index is -0.561. The molecule has 1 fully saturated rings. The van der Waals surface area contributed by atoms with Crippen LogP contribution in [0.15, 0.2) is 16.7 Å². The third-order valence-corrected chi connectivity index (χ3v) is 3.65. The lowest BCUT2D eigenvalue weighted by molar-refractivity contribution is -0.384. The van der Waals surface area contributed by atoms with Crippen LogP contribution in [0.4, 0.5) is 16.3 Å². The molecule has 0 aromatic carbocycles. The summed E-state index contributed by atoms with van der Waals surface area (Å²) < 4.78 is 5.77. The zero-order chi connectivity index (χ0) is 17.2. The standard InChI is InChI=1S/C14H19BrN4O4/c1-14(2,3)23-13(20)17-10-4-5-18(8-10)12-11(19(21)22)6-9(15)7-16-12/h6-7,10H,4-5,8H2,1-3H3,(H,17,20). The van der Waals surface area contributed by atoms with E-state index < -0.39 is 16.6 Å². The van der Waals surface area contributed by atoms with E-state index in [1.807, 2.05) is 0 Å². The molecular weight excluding hydrogens is 368 g/mol. The van der Waals surface area contributed by atoms with Crippen molar-refractivity contribution < 1.29 is 14.5 Å². The fourth-order valence-electron chi connectivity index (χ4n) is 2.34. The average molecular weight is 387 g/mol. The van der Waals surface area contributed by atoms with Gasteiger partial charge in [0.25, 0.3) is 0 Å². The second kappa shape index (κ2) is 6.69. The molecule has 1 saturated heterocycles. The number of alkyl carbamates (subject to hydrolysis) is 1. The van der Waals surface area contributed by atoms with Crippen molar-refractivity contribution in [2.45, 2.75) is 38.8 Å². The van der Waals surface area contributed by atoms with E-state index in [1.165, 1.54) is 12.3 Å². The first-order valence-electron chi connectivity index (χ1n) is 7.20. The number of carbonyl (C=O) groups excluding carboxylic acids is 1. The van der Waals surface area contributed by atoms with Gasteiger partial charge in [-0.2, -0.15) is 0 Å². The summed E-state index contributed by atoms with van der Waals surface area (Å²) in [6.07, 6.45) is 1.72. The fourth-order valence-corrected chi connectivity index (χ4v) is 2.66. The summed E-state index contributed by atoms with van der Waals surface area (Å²) in [7, 11) is 0. The Bertz CT molecular complexity index is 617. The van der Waals surface area contributed by atoms with Gasteiger partial charge in [0, 0.05) is 29.8 Å². The molecular formula is C14H19BrN4O4. The van der Waals surface area contributed by atoms with Crippen molar-refractivity contribution in [1.82, 2.24) is 10.3 Å². The van der Waals surface area contributed by atoms with Gasteiger partial charge in [-0.25, -0.2) is 9.78 Å². The number of hydrogen-bond acceptors (Lipinski definition) is 6. The minimum absolute atomic E-state index is 0.0581. The summed E-state index contributed by atoms with van der Waals surface area (Å²) in [6, 6.07) is 1.30. The van der Waals surface area contributed by atoms with E-state index in [-0.39, 0.29) is 11.7 Å². The predicted octanol–water partition coefficient (Wildman–Crippen LogP) is 2.86. The van der Waals surface area contributed by atoms with Gasteiger partial charge in [0.05, 0.1) is 11.0 Å². The summed E-state index contributed by atoms with van der Waals surface area (Å²) in [6.45, 7) is 6.42. The Balaban J connectivity index is 2.03. The molecule has 1 amide bonds. The highest BCUT2D eigenvalue weighted by molar-refractivity contribution is 9.10. The van der Waals surface area contributed by atoms with E-state index in [9.17, 15) is 14.9 Å². The normalized spacial score (nSPS) is 17.9. The van der Waals surface area contributed by atoms with Crippen molar-refractivity contribution in [3.05, 3.63) is 26.9 Å². The van der Waals surface area contributed by atoms with Crippen molar-refractivity contribution in [1.29, 1.82) is 0 Å². The molecule has 9 heteroatoms. The monoisotopic (exact) mass is 386 g/mol. The maximum Gasteiger partial charge on any atom is 0.407 e. The molecule has 0 aliphatic carbocycles. The Kier molecular flexibility index (Phi) is 5.08. The zero-order valence-corrected chi connectivity index (χ0v) is 14.8. The van der Waals surface area contributed by atoms with Gasteiger partial charge in [-0.15, -0.1) is 0 Å². The molecule has 2 heterocycles. The Morgan fingerprint density at radius 1 is 1.57 bits per heavy atom. The van der Waals surface area contributed by atoms with Gasteiger partial charge in [0.15, 0.2) is 0 Å². The highest BCUT2D eigenvalue weighted by Gasteiger charge is 2.30. The van der Waals surface area contributed by atoms with Crippen LogP contribution < -0.4 is 10.2 Å². The topological polar surface area (TPSA) is 97.6 Å². The van der Waals surface area contributed by atoms with Crippen LogP contribution in [0.3, 0.4) is 0 Å². The van der Waals surface area contributed by atoms with Crippen molar-refractivity contribution in [2.24, 2.45) is 0 Å². The third kappa shape index (κ3) is 4.78. The Morgan fingerprint density at radius 2 is 2.26 bits per heavy atom. The molecule has 1 aliphatic heterocycles. The highest BCUT2D eigenvalue weighted by atomic mass is 79.9. The number of carbonyl (C=O) groups is 1. The molecule has 0 spiro atoms. The van der Waals surface area contributed by atoms with Gasteiger partial charge in [-0.05, 0) is 43.1 Å². The lowest BCUT2D eigenvalue weighted by atomic mass is 10.2. The highest BCUT2D eigenvalue weighted by Crippen LogP contribution is 2.30. The van der Waals surface area contributed by atoms with Crippen molar-refractivity contribution in [3.63, 3.8) is 0 Å². The predicted molar refractivity (Wildman–Crippen MR) is 88.6 cm³/mol. The van der Waals surface area contributed by atoms with Gasteiger partial charge in [-0.1, -0.05) is 0 Å². The third-order valence-electron chi connectivity index (χ3n) is 3.22. The number of nitrogens with one attached hydrogen (secondary N) is 1. The number of anilines is 1. The van der Waals surface area contributed by atoms with Crippen LogP contribution in [0.25, 0.3) is 0 Å². The molecule has 1 aliphatic rings. The number of nitrogens with zero attached hydrogens (tertiary/aromatic N) is 3. The molecule has 0 radical (unpaired) electrons. The average Bonchev–Trinajstić information content (AvgIpc) is 2.84. The second-order valence-electron chi connectivity index (χ2n) is 6.33. The molecule has 1 aromatic heterocycles. The quantitative estimate of drug-likeness (QED) is 0.633. The first-order chi connectivity index (χ1) is 10.7. The number of amides is 1. The lowest BCUT2D eigenvalue weighted by Crippen LogP contribution is -2.40. The first kappa shape index (κ1) is 17.5. The van der Waals surface area contributed by atoms with Crippen molar-refractivity contribution in [2.75, 3.05) is 18.0 Å². The molecule has 126 valence electrons. The number of rotatable bonds is 3. The number of ether oxygens (including phenoxy) is 1. The largest absolute Gasteiger partial charge is 0.444 e. The number of halogens is 1. The van der Waals surface area contributed by atoms with Gasteiger partial charge in [0.1, 0.15) is 5.60 Å². The molecule has 2 rings (SSSR count). The van der Waals surface area contributed by atoms with Gasteiger partial charge in [0.2, 0.25) is 5.82 Å². The van der Waals surface area contributed by atoms with E-state index in [4.69, 9.17) is 4.74 Å². The van der Waals surface area contributed by atoms with E-state index in [2.05, 4.69) is 26.2 Å². The van der Waals surface area contributed by atoms with Crippen LogP contribution in [0.2, 0.25) is 0 Å². The smallest absolute Gasteiger partial charge is 0.407 e. The molecule has 0 saturated carbocycles. The SMILES string of the molecule is CC(C)(C)OC(=O)NC1CCN(c2ncc(Br)cc2[N+](=O)[O-])C1. The number of nitro groups is 1. The first-order valence-corrected chi connectivity index (χ1v) is 7.99. The molecule has 1 unspecified atom stereocenters. The molecule has 0 bridgehead atoms. The van der Waals surface area contributed by atoms with Crippen molar-refractivity contribution in [3.8, 4) is 0 Å². The van der Waals surface area contributed by atoms with E-state index in [0.717, 1.165) is 0 Å². The van der Waals surface area contributed by atoms with E-state index in [0.29, 0.717) is 29.8 Å². The van der Waals surface area contributed by atoms with Gasteiger partial charge >= 0.3 is 11.8 Å². The van der Waals surface area contributed by atoms with Crippen LogP contribution in [-0.4, -0.2) is 40.7 Å². The van der Waals surface area contributed by atoms with Crippen LogP contribution >= 0.6 is 15.9 Å².